The van der Waals surface area contributed by atoms with Gasteiger partial charge in [-0.1, -0.05) is 5.92 Å². The van der Waals surface area contributed by atoms with Crippen molar-refractivity contribution < 1.29 is 9.90 Å². The van der Waals surface area contributed by atoms with Gasteiger partial charge in [0.15, 0.2) is 0 Å². The molecule has 0 atom stereocenters. The minimum absolute atomic E-state index is 0.610. The molecule has 0 bridgehead atoms. The first kappa shape index (κ1) is 8.99. The molecule has 1 N–H and O–H groups in total. The van der Waals surface area contributed by atoms with E-state index in [9.17, 15) is 4.79 Å². The molecule has 0 spiro atoms. The van der Waals surface area contributed by atoms with Gasteiger partial charge in [-0.25, -0.2) is 4.79 Å². The molecule has 0 saturated heterocycles. The molecule has 0 fully saturated rings. The van der Waals surface area contributed by atoms with Crippen molar-refractivity contribution >= 4 is 5.97 Å². The van der Waals surface area contributed by atoms with E-state index in [1.54, 1.807) is 0 Å². The second-order valence-electron chi connectivity index (χ2n) is 2.16. The van der Waals surface area contributed by atoms with E-state index in [4.69, 9.17) is 5.11 Å². The highest BCUT2D eigenvalue weighted by molar-refractivity contribution is 5.86. The zero-order chi connectivity index (χ0) is 7.98. The SMILES string of the molecule is CN(C)CCC#CC(=O)O. The molecule has 0 heterocycles. The first-order valence-corrected chi connectivity index (χ1v) is 2.99. The Bertz CT molecular complexity index is 164. The fraction of sp³-hybridized carbons (Fsp3) is 0.571. The van der Waals surface area contributed by atoms with Crippen molar-refractivity contribution in [2.75, 3.05) is 20.6 Å². The maximum atomic E-state index is 9.86. The number of carboxylic acid groups (broad SMARTS) is 1. The number of rotatable bonds is 2. The molecule has 0 unspecified atom stereocenters. The van der Waals surface area contributed by atoms with Crippen molar-refractivity contribution in [1.82, 2.24) is 4.90 Å². The maximum Gasteiger partial charge on any atom is 0.381 e. The summed E-state index contributed by atoms with van der Waals surface area (Å²) in [5.74, 6) is 3.51. The molecule has 3 nitrogen and oxygen atoms in total. The van der Waals surface area contributed by atoms with Crippen LogP contribution in [0.4, 0.5) is 0 Å². The van der Waals surface area contributed by atoms with Crippen LogP contribution >= 0.6 is 0 Å². The molecular formula is C7H11NO2. The van der Waals surface area contributed by atoms with Crippen LogP contribution in [-0.4, -0.2) is 36.6 Å². The summed E-state index contributed by atoms with van der Waals surface area (Å²) < 4.78 is 0. The lowest BCUT2D eigenvalue weighted by molar-refractivity contribution is -0.130. The first-order chi connectivity index (χ1) is 4.63. The van der Waals surface area contributed by atoms with Gasteiger partial charge in [0.2, 0.25) is 0 Å². The van der Waals surface area contributed by atoms with E-state index in [2.05, 4.69) is 5.92 Å². The second kappa shape index (κ2) is 4.83. The van der Waals surface area contributed by atoms with Crippen LogP contribution in [-0.2, 0) is 4.79 Å². The first-order valence-electron chi connectivity index (χ1n) is 2.99. The van der Waals surface area contributed by atoms with Crippen LogP contribution in [0.15, 0.2) is 0 Å². The summed E-state index contributed by atoms with van der Waals surface area (Å²) in [6.07, 6.45) is 0.610. The fourth-order valence-corrected chi connectivity index (χ4v) is 0.418. The summed E-state index contributed by atoms with van der Waals surface area (Å²) in [4.78, 5) is 11.8. The Balaban J connectivity index is 3.38. The molecule has 0 aromatic carbocycles. The standard InChI is InChI=1S/C7H11NO2/c1-8(2)6-4-3-5-7(9)10/h4,6H2,1-2H3,(H,9,10). The van der Waals surface area contributed by atoms with Crippen LogP contribution in [0.2, 0.25) is 0 Å². The Labute approximate surface area is 60.6 Å². The van der Waals surface area contributed by atoms with Gasteiger partial charge in [-0.15, -0.1) is 0 Å². The lowest BCUT2D eigenvalue weighted by atomic mass is 10.4. The van der Waals surface area contributed by atoms with Gasteiger partial charge in [0, 0.05) is 18.9 Å². The highest BCUT2D eigenvalue weighted by atomic mass is 16.4. The molecule has 0 aliphatic heterocycles. The summed E-state index contributed by atoms with van der Waals surface area (Å²) in [5, 5.41) is 8.09. The van der Waals surface area contributed by atoms with Gasteiger partial charge in [-0.3, -0.25) is 0 Å². The van der Waals surface area contributed by atoms with Gasteiger partial charge in [-0.2, -0.15) is 0 Å². The van der Waals surface area contributed by atoms with Crippen LogP contribution in [0.25, 0.3) is 0 Å². The molecule has 10 heavy (non-hydrogen) atoms. The van der Waals surface area contributed by atoms with Crippen LogP contribution in [0.5, 0.6) is 0 Å². The van der Waals surface area contributed by atoms with Crippen LogP contribution in [0.1, 0.15) is 6.42 Å². The normalized spacial score (nSPS) is 8.70. The van der Waals surface area contributed by atoms with E-state index >= 15 is 0 Å². The molecule has 0 aliphatic carbocycles. The Morgan fingerprint density at radius 1 is 1.60 bits per heavy atom. The maximum absolute atomic E-state index is 9.86. The molecule has 0 aromatic rings. The van der Waals surface area contributed by atoms with Crippen molar-refractivity contribution in [3.05, 3.63) is 0 Å². The third kappa shape index (κ3) is 6.99. The van der Waals surface area contributed by atoms with E-state index in [0.717, 1.165) is 6.54 Å². The van der Waals surface area contributed by atoms with Gasteiger partial charge in [0.1, 0.15) is 0 Å². The Hall–Kier alpha value is -1.01. The van der Waals surface area contributed by atoms with Gasteiger partial charge in [0.25, 0.3) is 0 Å². The highest BCUT2D eigenvalue weighted by Crippen LogP contribution is 1.78. The van der Waals surface area contributed by atoms with E-state index in [0.29, 0.717) is 6.42 Å². The quantitative estimate of drug-likeness (QED) is 0.551. The summed E-state index contributed by atoms with van der Waals surface area (Å²) in [6, 6.07) is 0. The van der Waals surface area contributed by atoms with Gasteiger partial charge in [-0.05, 0) is 14.1 Å². The number of nitrogens with zero attached hydrogens (tertiary/aromatic N) is 1. The zero-order valence-electron chi connectivity index (χ0n) is 6.22. The van der Waals surface area contributed by atoms with E-state index in [1.165, 1.54) is 0 Å². The fourth-order valence-electron chi connectivity index (χ4n) is 0.418. The summed E-state index contributed by atoms with van der Waals surface area (Å²) in [6.45, 7) is 0.806. The number of carbonyl (C=O) groups is 1. The Morgan fingerprint density at radius 3 is 2.60 bits per heavy atom. The van der Waals surface area contributed by atoms with E-state index in [-0.39, 0.29) is 0 Å². The third-order valence-electron chi connectivity index (χ3n) is 0.879. The molecule has 0 amide bonds. The minimum Gasteiger partial charge on any atom is -0.472 e. The van der Waals surface area contributed by atoms with Gasteiger partial charge < -0.3 is 10.0 Å². The number of carboxylic acids is 1. The predicted molar refractivity (Wildman–Crippen MR) is 38.6 cm³/mol. The molecular weight excluding hydrogens is 130 g/mol. The zero-order valence-corrected chi connectivity index (χ0v) is 6.22. The monoisotopic (exact) mass is 141 g/mol. The molecule has 0 radical (unpaired) electrons. The number of hydrogen-bond acceptors (Lipinski definition) is 2. The van der Waals surface area contributed by atoms with Crippen molar-refractivity contribution in [3.8, 4) is 11.8 Å². The highest BCUT2D eigenvalue weighted by Gasteiger charge is 1.85. The van der Waals surface area contributed by atoms with Crippen molar-refractivity contribution in [1.29, 1.82) is 0 Å². The smallest absolute Gasteiger partial charge is 0.381 e. The Kier molecular flexibility index (Phi) is 4.34. The lowest BCUT2D eigenvalue weighted by Gasteiger charge is -2.03. The van der Waals surface area contributed by atoms with Crippen LogP contribution in [0.3, 0.4) is 0 Å². The van der Waals surface area contributed by atoms with Crippen LogP contribution < -0.4 is 0 Å². The van der Waals surface area contributed by atoms with Crippen molar-refractivity contribution in [3.63, 3.8) is 0 Å². The largest absolute Gasteiger partial charge is 0.472 e. The number of aliphatic carboxylic acids is 1. The predicted octanol–water partition coefficient (Wildman–Crippen LogP) is 0.0261. The average molecular weight is 141 g/mol. The molecule has 3 heteroatoms. The average Bonchev–Trinajstić information content (AvgIpc) is 1.79. The molecule has 0 rings (SSSR count). The molecule has 56 valence electrons. The summed E-state index contributed by atoms with van der Waals surface area (Å²) in [7, 11) is 3.84. The van der Waals surface area contributed by atoms with Crippen LogP contribution in [0, 0.1) is 11.8 Å². The van der Waals surface area contributed by atoms with E-state index in [1.807, 2.05) is 24.9 Å². The van der Waals surface area contributed by atoms with E-state index < -0.39 is 5.97 Å². The van der Waals surface area contributed by atoms with Gasteiger partial charge in [0.05, 0.1) is 0 Å². The van der Waals surface area contributed by atoms with Gasteiger partial charge >= 0.3 is 5.97 Å². The minimum atomic E-state index is -1.06. The topological polar surface area (TPSA) is 40.5 Å². The Morgan fingerprint density at radius 2 is 2.20 bits per heavy atom. The van der Waals surface area contributed by atoms with Crippen molar-refractivity contribution in [2.24, 2.45) is 0 Å². The molecule has 0 aromatic heterocycles. The third-order valence-corrected chi connectivity index (χ3v) is 0.879. The lowest BCUT2D eigenvalue weighted by Crippen LogP contribution is -2.12. The molecule has 0 aliphatic rings. The number of hydrogen-bond donors (Lipinski definition) is 1. The summed E-state index contributed by atoms with van der Waals surface area (Å²) in [5.41, 5.74) is 0. The summed E-state index contributed by atoms with van der Waals surface area (Å²) >= 11 is 0. The molecule has 0 saturated carbocycles. The van der Waals surface area contributed by atoms with Crippen molar-refractivity contribution in [2.45, 2.75) is 6.42 Å². The second-order valence-corrected chi connectivity index (χ2v) is 2.16.